The van der Waals surface area contributed by atoms with Crippen molar-refractivity contribution in [3.05, 3.63) is 89.6 Å². The highest BCUT2D eigenvalue weighted by atomic mass is 16.5. The maximum atomic E-state index is 13.8. The SMILES string of the molecule is COc1ccc(NC(=O)c2ccc(N3C(=O)N4CCc5c([nH]c6ccccc56)C4(C)C3=O)cc2)cc1. The van der Waals surface area contributed by atoms with E-state index in [9.17, 15) is 14.4 Å². The van der Waals surface area contributed by atoms with E-state index in [4.69, 9.17) is 4.74 Å². The first-order valence-corrected chi connectivity index (χ1v) is 11.7. The lowest BCUT2D eigenvalue weighted by molar-refractivity contribution is -0.125. The number of urea groups is 1. The second-order valence-corrected chi connectivity index (χ2v) is 9.15. The molecule has 4 aromatic rings. The Hall–Kier alpha value is -4.59. The Labute approximate surface area is 207 Å². The minimum atomic E-state index is -1.12. The molecule has 0 aliphatic carbocycles. The summed E-state index contributed by atoms with van der Waals surface area (Å²) in [5.74, 6) is 0.0928. The van der Waals surface area contributed by atoms with Crippen LogP contribution in [0.4, 0.5) is 16.2 Å². The number of carbonyl (C=O) groups excluding carboxylic acids is 3. The smallest absolute Gasteiger partial charge is 0.332 e. The van der Waals surface area contributed by atoms with Crippen LogP contribution >= 0.6 is 0 Å². The number of hydrogen-bond donors (Lipinski definition) is 2. The number of hydrogen-bond acceptors (Lipinski definition) is 4. The summed E-state index contributed by atoms with van der Waals surface area (Å²) in [7, 11) is 1.58. The van der Waals surface area contributed by atoms with Gasteiger partial charge in [0.15, 0.2) is 5.54 Å². The Morgan fingerprint density at radius 2 is 1.72 bits per heavy atom. The number of anilines is 2. The maximum absolute atomic E-state index is 13.8. The molecule has 36 heavy (non-hydrogen) atoms. The number of nitrogens with one attached hydrogen (secondary N) is 2. The van der Waals surface area contributed by atoms with Gasteiger partial charge in [0.25, 0.3) is 11.8 Å². The quantitative estimate of drug-likeness (QED) is 0.415. The lowest BCUT2D eigenvalue weighted by Crippen LogP contribution is -2.49. The molecule has 1 atom stereocenters. The molecular weight excluding hydrogens is 456 g/mol. The van der Waals surface area contributed by atoms with Crippen molar-refractivity contribution in [2.24, 2.45) is 0 Å². The second-order valence-electron chi connectivity index (χ2n) is 9.15. The summed E-state index contributed by atoms with van der Waals surface area (Å²) in [5, 5.41) is 3.91. The van der Waals surface area contributed by atoms with Crippen molar-refractivity contribution >= 4 is 40.1 Å². The topological polar surface area (TPSA) is 94.7 Å². The number of para-hydroxylation sites is 1. The van der Waals surface area contributed by atoms with Crippen molar-refractivity contribution in [1.82, 2.24) is 9.88 Å². The first-order chi connectivity index (χ1) is 17.4. The van der Waals surface area contributed by atoms with Gasteiger partial charge >= 0.3 is 6.03 Å². The number of ether oxygens (including phenoxy) is 1. The Bertz CT molecular complexity index is 1520. The third-order valence-electron chi connectivity index (χ3n) is 7.20. The number of carbonyl (C=O) groups is 3. The van der Waals surface area contributed by atoms with Crippen LogP contribution in [0.25, 0.3) is 10.9 Å². The van der Waals surface area contributed by atoms with Crippen LogP contribution < -0.4 is 15.0 Å². The zero-order valence-electron chi connectivity index (χ0n) is 19.9. The summed E-state index contributed by atoms with van der Waals surface area (Å²) in [6, 6.07) is 21.1. The minimum Gasteiger partial charge on any atom is -0.497 e. The molecule has 1 aromatic heterocycles. The van der Waals surface area contributed by atoms with Crippen molar-refractivity contribution in [2.75, 3.05) is 23.9 Å². The number of H-pyrrole nitrogens is 1. The maximum Gasteiger partial charge on any atom is 0.332 e. The van der Waals surface area contributed by atoms with Crippen molar-refractivity contribution in [3.63, 3.8) is 0 Å². The average Bonchev–Trinajstić information content (AvgIpc) is 3.38. The summed E-state index contributed by atoms with van der Waals surface area (Å²) in [6.07, 6.45) is 0.673. The largest absolute Gasteiger partial charge is 0.497 e. The first kappa shape index (κ1) is 21.9. The molecule has 3 aromatic carbocycles. The van der Waals surface area contributed by atoms with Gasteiger partial charge in [0, 0.05) is 28.7 Å². The first-order valence-electron chi connectivity index (χ1n) is 11.7. The molecule has 4 amide bonds. The van der Waals surface area contributed by atoms with Crippen LogP contribution in [0.15, 0.2) is 72.8 Å². The zero-order valence-corrected chi connectivity index (χ0v) is 19.9. The fourth-order valence-electron chi connectivity index (χ4n) is 5.26. The highest BCUT2D eigenvalue weighted by Crippen LogP contribution is 2.45. The van der Waals surface area contributed by atoms with Crippen LogP contribution in [0.5, 0.6) is 5.75 Å². The fourth-order valence-corrected chi connectivity index (χ4v) is 5.26. The van der Waals surface area contributed by atoms with E-state index >= 15 is 0 Å². The molecule has 0 spiro atoms. The molecule has 8 nitrogen and oxygen atoms in total. The predicted octanol–water partition coefficient (Wildman–Crippen LogP) is 4.67. The molecule has 2 N–H and O–H groups in total. The van der Waals surface area contributed by atoms with E-state index in [1.54, 1.807) is 67.5 Å². The molecule has 0 radical (unpaired) electrons. The van der Waals surface area contributed by atoms with Gasteiger partial charge in [0.05, 0.1) is 18.5 Å². The van der Waals surface area contributed by atoms with Gasteiger partial charge in [-0.05, 0) is 73.5 Å². The van der Waals surface area contributed by atoms with Crippen LogP contribution in [0.3, 0.4) is 0 Å². The van der Waals surface area contributed by atoms with Gasteiger partial charge in [-0.3, -0.25) is 9.59 Å². The van der Waals surface area contributed by atoms with Gasteiger partial charge in [0.1, 0.15) is 5.75 Å². The van der Waals surface area contributed by atoms with Crippen LogP contribution in [0, 0.1) is 0 Å². The van der Waals surface area contributed by atoms with E-state index in [0.29, 0.717) is 35.7 Å². The number of methoxy groups -OCH3 is 1. The number of imide groups is 1. The van der Waals surface area contributed by atoms with E-state index in [1.165, 1.54) is 4.90 Å². The van der Waals surface area contributed by atoms with E-state index in [-0.39, 0.29) is 17.8 Å². The molecule has 6 rings (SSSR count). The van der Waals surface area contributed by atoms with Crippen LogP contribution in [-0.4, -0.2) is 41.4 Å². The Balaban J connectivity index is 1.28. The summed E-state index contributed by atoms with van der Waals surface area (Å²) >= 11 is 0. The number of fused-ring (bicyclic) bond motifs is 5. The van der Waals surface area contributed by atoms with Gasteiger partial charge < -0.3 is 19.9 Å². The lowest BCUT2D eigenvalue weighted by atomic mass is 9.87. The Morgan fingerprint density at radius 3 is 2.44 bits per heavy atom. The third kappa shape index (κ3) is 3.11. The third-order valence-corrected chi connectivity index (χ3v) is 7.20. The normalized spacial score (nSPS) is 18.8. The summed E-state index contributed by atoms with van der Waals surface area (Å²) < 4.78 is 5.14. The van der Waals surface area contributed by atoms with E-state index < -0.39 is 5.54 Å². The van der Waals surface area contributed by atoms with Crippen LogP contribution in [0.2, 0.25) is 0 Å². The number of amides is 4. The number of benzene rings is 3. The average molecular weight is 481 g/mol. The number of nitrogens with zero attached hydrogens (tertiary/aromatic N) is 2. The van der Waals surface area contributed by atoms with Crippen molar-refractivity contribution < 1.29 is 19.1 Å². The Morgan fingerprint density at radius 1 is 1.00 bits per heavy atom. The molecule has 1 saturated heterocycles. The van der Waals surface area contributed by atoms with Gasteiger partial charge in [-0.25, -0.2) is 9.69 Å². The molecule has 2 aliphatic heterocycles. The van der Waals surface area contributed by atoms with E-state index in [1.807, 2.05) is 24.3 Å². The highest BCUT2D eigenvalue weighted by Gasteiger charge is 2.59. The molecule has 3 heterocycles. The van der Waals surface area contributed by atoms with Gasteiger partial charge in [-0.15, -0.1) is 0 Å². The molecule has 0 saturated carbocycles. The molecular formula is C28H24N4O4. The number of rotatable bonds is 4. The lowest BCUT2D eigenvalue weighted by Gasteiger charge is -2.35. The van der Waals surface area contributed by atoms with Gasteiger partial charge in [0.2, 0.25) is 0 Å². The van der Waals surface area contributed by atoms with Gasteiger partial charge in [-0.1, -0.05) is 18.2 Å². The van der Waals surface area contributed by atoms with Gasteiger partial charge in [-0.2, -0.15) is 0 Å². The van der Waals surface area contributed by atoms with Crippen molar-refractivity contribution in [1.29, 1.82) is 0 Å². The molecule has 2 aliphatic rings. The zero-order chi connectivity index (χ0) is 25.0. The van der Waals surface area contributed by atoms with E-state index in [2.05, 4.69) is 10.3 Å². The minimum absolute atomic E-state index is 0.294. The molecule has 180 valence electrons. The molecule has 8 heteroatoms. The molecule has 1 fully saturated rings. The van der Waals surface area contributed by atoms with Crippen molar-refractivity contribution in [3.8, 4) is 5.75 Å². The van der Waals surface area contributed by atoms with Crippen LogP contribution in [-0.2, 0) is 16.8 Å². The summed E-state index contributed by atoms with van der Waals surface area (Å²) in [5.41, 5.74) is 3.16. The number of aromatic amines is 1. The Kier molecular flexibility index (Phi) is 4.86. The molecule has 1 unspecified atom stereocenters. The summed E-state index contributed by atoms with van der Waals surface area (Å²) in [6.45, 7) is 2.26. The molecule has 0 bridgehead atoms. The highest BCUT2D eigenvalue weighted by molar-refractivity contribution is 6.23. The van der Waals surface area contributed by atoms with Crippen molar-refractivity contribution in [2.45, 2.75) is 18.9 Å². The standard InChI is InChI=1S/C28H24N4O4/c1-28-24-22(21-5-3-4-6-23(21)30-24)15-16-31(28)27(35)32(26(28)34)19-11-7-17(8-12-19)25(33)29-18-9-13-20(36-2)14-10-18/h3-14,30H,15-16H2,1-2H3,(H,29,33). The fraction of sp³-hybridized carbons (Fsp3) is 0.179. The monoisotopic (exact) mass is 480 g/mol. The second kappa shape index (κ2) is 7.98. The van der Waals surface area contributed by atoms with E-state index in [0.717, 1.165) is 22.2 Å². The number of aromatic nitrogens is 1. The van der Waals surface area contributed by atoms with Crippen LogP contribution in [0.1, 0.15) is 28.5 Å². The predicted molar refractivity (Wildman–Crippen MR) is 136 cm³/mol. The summed E-state index contributed by atoms with van der Waals surface area (Å²) in [4.78, 5) is 46.2.